The number of esters is 2. The van der Waals surface area contributed by atoms with Gasteiger partial charge in [-0.25, -0.2) is 9.69 Å². The zero-order valence-corrected chi connectivity index (χ0v) is 41.3. The predicted molar refractivity (Wildman–Crippen MR) is 271 cm³/mol. The van der Waals surface area contributed by atoms with Gasteiger partial charge in [-0.05, 0) is 126 Å². The molecule has 0 fully saturated rings. The van der Waals surface area contributed by atoms with Crippen LogP contribution in [0, 0.1) is 13.1 Å². The number of alkyl halides is 1. The molecule has 352 valence electrons. The first-order chi connectivity index (χ1) is 31.8. The minimum atomic E-state index is -0.237. The van der Waals surface area contributed by atoms with Gasteiger partial charge < -0.3 is 24.6 Å². The molecule has 0 aliphatic carbocycles. The van der Waals surface area contributed by atoms with Crippen molar-refractivity contribution in [3.63, 3.8) is 0 Å². The number of carbonyl (C=O) groups is 2. The lowest BCUT2D eigenvalue weighted by Crippen LogP contribution is -2.32. The van der Waals surface area contributed by atoms with E-state index in [0.29, 0.717) is 31.1 Å². The average molecular weight is 952 g/mol. The van der Waals surface area contributed by atoms with E-state index in [1.165, 1.54) is 63.7 Å². The van der Waals surface area contributed by atoms with Crippen LogP contribution in [0.4, 0.5) is 11.4 Å². The maximum Gasteiger partial charge on any atom is 0.320 e. The van der Waals surface area contributed by atoms with Crippen LogP contribution in [0.5, 0.6) is 0 Å². The largest absolute Gasteiger partial charge is 0.460 e. The Morgan fingerprint density at radius 1 is 0.523 bits per heavy atom. The Morgan fingerprint density at radius 3 is 1.37 bits per heavy atom. The molecule has 0 bridgehead atoms. The second kappa shape index (κ2) is 37.4. The van der Waals surface area contributed by atoms with Crippen LogP contribution >= 0.6 is 15.9 Å². The molecule has 0 unspecified atom stereocenters. The summed E-state index contributed by atoms with van der Waals surface area (Å²) >= 11 is 3.01. The lowest BCUT2D eigenvalue weighted by molar-refractivity contribution is -0.146. The Hall–Kier alpha value is -4.88. The van der Waals surface area contributed by atoms with E-state index in [2.05, 4.69) is 73.3 Å². The fourth-order valence-electron chi connectivity index (χ4n) is 7.00. The van der Waals surface area contributed by atoms with Gasteiger partial charge in [-0.2, -0.15) is 0 Å². The van der Waals surface area contributed by atoms with Crippen molar-refractivity contribution in [3.8, 4) is 0 Å². The summed E-state index contributed by atoms with van der Waals surface area (Å²) in [5.41, 5.74) is 5.70. The van der Waals surface area contributed by atoms with E-state index in [0.717, 1.165) is 68.8 Å². The van der Waals surface area contributed by atoms with Gasteiger partial charge in [0, 0.05) is 13.1 Å². The predicted octanol–water partition coefficient (Wildman–Crippen LogP) is 12.0. The zero-order valence-electron chi connectivity index (χ0n) is 39.7. The third-order valence-electron chi connectivity index (χ3n) is 10.2. The van der Waals surface area contributed by atoms with E-state index in [1.54, 1.807) is 0 Å². The van der Waals surface area contributed by atoms with E-state index in [1.807, 2.05) is 109 Å². The zero-order chi connectivity index (χ0) is 47.2. The summed E-state index contributed by atoms with van der Waals surface area (Å²) in [6, 6.07) is 34.8. The molecule has 0 atom stereocenters. The number of halogens is 1. The molecule has 65 heavy (non-hydrogen) atoms. The van der Waals surface area contributed by atoms with E-state index in [-0.39, 0.29) is 23.8 Å². The first kappa shape index (κ1) is 56.2. The number of carbonyl (C=O) groups excluding carboxylic acids is 2. The molecule has 0 amide bonds. The van der Waals surface area contributed by atoms with Gasteiger partial charge in [0.2, 0.25) is 0 Å². The van der Waals surface area contributed by atoms with Crippen LogP contribution in [-0.2, 0) is 45.4 Å². The first-order valence-corrected chi connectivity index (χ1v) is 24.6. The van der Waals surface area contributed by atoms with Crippen LogP contribution < -0.4 is 5.32 Å². The summed E-state index contributed by atoms with van der Waals surface area (Å²) in [5, 5.41) is 3.73. The van der Waals surface area contributed by atoms with Crippen molar-refractivity contribution in [2.45, 2.75) is 105 Å². The molecule has 0 saturated heterocycles. The van der Waals surface area contributed by atoms with Gasteiger partial charge in [0.1, 0.15) is 18.5 Å². The minimum absolute atomic E-state index is 0.203. The Bertz CT molecular complexity index is 1870. The summed E-state index contributed by atoms with van der Waals surface area (Å²) in [7, 11) is 0. The molecule has 4 aromatic carbocycles. The second-order valence-corrected chi connectivity index (χ2v) is 16.5. The molecule has 0 spiro atoms. The molecular formula is C54H75BrN6O4. The molecule has 0 saturated carbocycles. The maximum absolute atomic E-state index is 12.5. The molecule has 0 aromatic heterocycles. The van der Waals surface area contributed by atoms with Crippen LogP contribution in [0.1, 0.15) is 101 Å². The van der Waals surface area contributed by atoms with E-state index in [4.69, 9.17) is 22.6 Å². The number of nitrogens with zero attached hydrogens (tertiary/aromatic N) is 5. The topological polar surface area (TPSA) is 83.1 Å². The van der Waals surface area contributed by atoms with Crippen molar-refractivity contribution >= 4 is 39.2 Å². The number of hydrogen-bond donors (Lipinski definition) is 1. The number of ether oxygens (including phenoxy) is 2. The van der Waals surface area contributed by atoms with Gasteiger partial charge in [0.15, 0.2) is 11.4 Å². The SMILES string of the molecule is O=C(CBr)OCc1ccccc1.[C-]#[N+]c1ccc(CN(CCCCN(CCC)CCC)CC(=O)OCc2ccccc2)cc1.[C-]#[N+]c1ccc(CNCCCCN(CCC)CCC)cc1. The van der Waals surface area contributed by atoms with E-state index < -0.39 is 0 Å². The number of rotatable bonds is 29. The van der Waals surface area contributed by atoms with Gasteiger partial charge >= 0.3 is 11.9 Å². The van der Waals surface area contributed by atoms with Gasteiger partial charge in [-0.1, -0.05) is 153 Å². The summed E-state index contributed by atoms with van der Waals surface area (Å²) in [6.45, 7) is 34.5. The quantitative estimate of drug-likeness (QED) is 0.0249. The molecule has 4 aromatic rings. The van der Waals surface area contributed by atoms with Crippen LogP contribution in [-0.4, -0.2) is 90.9 Å². The van der Waals surface area contributed by atoms with Crippen LogP contribution in [0.3, 0.4) is 0 Å². The highest BCUT2D eigenvalue weighted by Gasteiger charge is 2.14. The van der Waals surface area contributed by atoms with Crippen molar-refractivity contribution in [2.75, 3.05) is 64.2 Å². The van der Waals surface area contributed by atoms with Crippen molar-refractivity contribution in [1.29, 1.82) is 0 Å². The summed E-state index contributed by atoms with van der Waals surface area (Å²) < 4.78 is 10.4. The molecule has 0 aliphatic heterocycles. The molecule has 1 N–H and O–H groups in total. The Kier molecular flexibility index (Phi) is 32.3. The molecule has 11 heteroatoms. The smallest absolute Gasteiger partial charge is 0.320 e. The van der Waals surface area contributed by atoms with Gasteiger partial charge in [0.05, 0.1) is 19.7 Å². The second-order valence-electron chi connectivity index (χ2n) is 16.0. The maximum atomic E-state index is 12.5. The number of benzene rings is 4. The summed E-state index contributed by atoms with van der Waals surface area (Å²) in [6.07, 6.45) is 9.51. The van der Waals surface area contributed by atoms with Crippen LogP contribution in [0.2, 0.25) is 0 Å². The fraction of sp³-hybridized carbons (Fsp3) is 0.481. The average Bonchev–Trinajstić information content (AvgIpc) is 3.34. The van der Waals surface area contributed by atoms with E-state index in [9.17, 15) is 9.59 Å². The third-order valence-corrected chi connectivity index (χ3v) is 10.7. The highest BCUT2D eigenvalue weighted by atomic mass is 79.9. The number of nitrogens with one attached hydrogen (secondary N) is 1. The Morgan fingerprint density at radius 2 is 0.938 bits per heavy atom. The third kappa shape index (κ3) is 27.9. The minimum Gasteiger partial charge on any atom is -0.460 e. The van der Waals surface area contributed by atoms with Crippen molar-refractivity contribution in [2.24, 2.45) is 0 Å². The normalized spacial score (nSPS) is 10.6. The first-order valence-electron chi connectivity index (χ1n) is 23.5. The molecule has 0 radical (unpaired) electrons. The van der Waals surface area contributed by atoms with E-state index >= 15 is 0 Å². The van der Waals surface area contributed by atoms with Crippen LogP contribution in [0.25, 0.3) is 9.69 Å². The Labute approximate surface area is 400 Å². The van der Waals surface area contributed by atoms with Gasteiger partial charge in [-0.15, -0.1) is 0 Å². The Balaban J connectivity index is 0.000000375. The summed E-state index contributed by atoms with van der Waals surface area (Å²) in [4.78, 5) is 37.4. The van der Waals surface area contributed by atoms with Crippen LogP contribution in [0.15, 0.2) is 109 Å². The van der Waals surface area contributed by atoms with Crippen molar-refractivity contribution in [1.82, 2.24) is 20.0 Å². The molecule has 4 rings (SSSR count). The highest BCUT2D eigenvalue weighted by Crippen LogP contribution is 2.15. The monoisotopic (exact) mass is 951 g/mol. The lowest BCUT2D eigenvalue weighted by atomic mass is 10.2. The molecule has 0 heterocycles. The summed E-state index contributed by atoms with van der Waals surface area (Å²) in [5.74, 6) is -0.441. The highest BCUT2D eigenvalue weighted by molar-refractivity contribution is 9.09. The van der Waals surface area contributed by atoms with Gasteiger partial charge in [-0.3, -0.25) is 14.5 Å². The van der Waals surface area contributed by atoms with Crippen molar-refractivity contribution < 1.29 is 19.1 Å². The number of unbranched alkanes of at least 4 members (excludes halogenated alkanes) is 2. The fourth-order valence-corrected chi connectivity index (χ4v) is 7.17. The van der Waals surface area contributed by atoms with Gasteiger partial charge in [0.25, 0.3) is 0 Å². The standard InChI is InChI=1S/C27H37N3O2.C18H29N3.C9H9BrO2/c1-4-17-29(18-5-2)19-9-10-20-30(21-24-13-15-26(28-3)16-14-24)22-27(31)32-23-25-11-7-6-8-12-25;1-4-13-21(14-5-2)15-7-6-12-20-16-17-8-10-18(19-3)11-9-17;10-6-9(11)12-7-8-4-2-1-3-5-8/h6-8,11-16H,4-5,9-10,17-23H2,1-2H3;8-11,20H,4-7,12-16H2,1-2H3;1-5H,6-7H2. The van der Waals surface area contributed by atoms with Crippen molar-refractivity contribution in [3.05, 3.63) is 154 Å². The molecule has 10 nitrogen and oxygen atoms in total. The number of hydrogen-bond acceptors (Lipinski definition) is 8. The lowest BCUT2D eigenvalue weighted by Gasteiger charge is -2.24. The molecule has 0 aliphatic rings. The molecular weight excluding hydrogens is 877 g/mol.